The lowest BCUT2D eigenvalue weighted by Gasteiger charge is -2.23. The maximum Gasteiger partial charge on any atom is 0.232 e. The van der Waals surface area contributed by atoms with Gasteiger partial charge in [-0.3, -0.25) is 9.10 Å². The highest BCUT2D eigenvalue weighted by atomic mass is 32.2. The van der Waals surface area contributed by atoms with Gasteiger partial charge in [-0.05, 0) is 49.9 Å². The van der Waals surface area contributed by atoms with Crippen LogP contribution in [0.3, 0.4) is 0 Å². The van der Waals surface area contributed by atoms with E-state index >= 15 is 0 Å². The first-order valence-corrected chi connectivity index (χ1v) is 9.90. The molecular weight excluding hydrogens is 328 g/mol. The van der Waals surface area contributed by atoms with Gasteiger partial charge in [0, 0.05) is 33.2 Å². The van der Waals surface area contributed by atoms with Crippen LogP contribution < -0.4 is 9.62 Å². The lowest BCUT2D eigenvalue weighted by molar-refractivity contribution is -0.121. The van der Waals surface area contributed by atoms with E-state index in [1.807, 2.05) is 32.0 Å². The molecule has 0 radical (unpaired) electrons. The molecule has 0 aliphatic heterocycles. The van der Waals surface area contributed by atoms with Crippen LogP contribution in [0.25, 0.3) is 0 Å². The van der Waals surface area contributed by atoms with Gasteiger partial charge in [0.15, 0.2) is 0 Å². The van der Waals surface area contributed by atoms with Crippen molar-refractivity contribution in [2.45, 2.75) is 33.1 Å². The van der Waals surface area contributed by atoms with Crippen LogP contribution in [0.5, 0.6) is 0 Å². The smallest absolute Gasteiger partial charge is 0.232 e. The number of hydrogen-bond donors (Lipinski definition) is 1. The molecular formula is C17H28N2O4S. The molecule has 0 fully saturated rings. The molecule has 0 saturated heterocycles. The summed E-state index contributed by atoms with van der Waals surface area (Å²) in [6.07, 6.45) is 2.72. The number of rotatable bonds is 10. The molecule has 1 aromatic rings. The third-order valence-electron chi connectivity index (χ3n) is 3.51. The highest BCUT2D eigenvalue weighted by Gasteiger charge is 2.18. The van der Waals surface area contributed by atoms with Crippen molar-refractivity contribution in [1.82, 2.24) is 5.32 Å². The molecule has 0 aromatic heterocycles. The minimum Gasteiger partial charge on any atom is -0.385 e. The fourth-order valence-electron chi connectivity index (χ4n) is 2.50. The molecule has 136 valence electrons. The number of amides is 1. The third kappa shape index (κ3) is 7.31. The summed E-state index contributed by atoms with van der Waals surface area (Å²) >= 11 is 0. The van der Waals surface area contributed by atoms with Gasteiger partial charge in [-0.2, -0.15) is 0 Å². The summed E-state index contributed by atoms with van der Waals surface area (Å²) in [5.74, 6) is -0.0695. The predicted molar refractivity (Wildman–Crippen MR) is 96.8 cm³/mol. The van der Waals surface area contributed by atoms with Gasteiger partial charge in [0.25, 0.3) is 0 Å². The molecule has 0 spiro atoms. The van der Waals surface area contributed by atoms with Crippen LogP contribution >= 0.6 is 0 Å². The van der Waals surface area contributed by atoms with Crippen LogP contribution in [0, 0.1) is 13.8 Å². The SMILES string of the molecule is COCCCNC(=O)CCCN(c1cc(C)cc(C)c1)S(C)(=O)=O. The minimum absolute atomic E-state index is 0.0695. The zero-order valence-electron chi connectivity index (χ0n) is 15.0. The Hall–Kier alpha value is -1.60. The molecule has 0 atom stereocenters. The maximum atomic E-state index is 12.1. The fraction of sp³-hybridized carbons (Fsp3) is 0.588. The molecule has 7 heteroatoms. The highest BCUT2D eigenvalue weighted by molar-refractivity contribution is 7.92. The molecule has 0 aliphatic rings. The Morgan fingerprint density at radius 2 is 1.79 bits per heavy atom. The van der Waals surface area contributed by atoms with Gasteiger partial charge >= 0.3 is 0 Å². The number of nitrogens with zero attached hydrogens (tertiary/aromatic N) is 1. The first-order valence-electron chi connectivity index (χ1n) is 8.05. The van der Waals surface area contributed by atoms with Crippen molar-refractivity contribution in [2.24, 2.45) is 0 Å². The van der Waals surface area contributed by atoms with Gasteiger partial charge in [-0.15, -0.1) is 0 Å². The summed E-state index contributed by atoms with van der Waals surface area (Å²) in [7, 11) is -1.77. The van der Waals surface area contributed by atoms with Gasteiger partial charge < -0.3 is 10.1 Å². The second-order valence-electron chi connectivity index (χ2n) is 5.98. The van der Waals surface area contributed by atoms with Crippen molar-refractivity contribution in [3.05, 3.63) is 29.3 Å². The number of benzene rings is 1. The van der Waals surface area contributed by atoms with Crippen LogP contribution in [-0.4, -0.2) is 47.4 Å². The number of sulfonamides is 1. The average Bonchev–Trinajstić information content (AvgIpc) is 2.45. The van der Waals surface area contributed by atoms with Crippen molar-refractivity contribution in [3.8, 4) is 0 Å². The number of carbonyl (C=O) groups is 1. The van der Waals surface area contributed by atoms with Crippen molar-refractivity contribution in [2.75, 3.05) is 37.4 Å². The quantitative estimate of drug-likeness (QED) is 0.651. The van der Waals surface area contributed by atoms with Crippen molar-refractivity contribution in [3.63, 3.8) is 0 Å². The zero-order valence-corrected chi connectivity index (χ0v) is 15.8. The minimum atomic E-state index is -3.39. The Labute approximate surface area is 145 Å². The largest absolute Gasteiger partial charge is 0.385 e. The van der Waals surface area contributed by atoms with E-state index in [1.165, 1.54) is 10.6 Å². The molecule has 1 amide bonds. The highest BCUT2D eigenvalue weighted by Crippen LogP contribution is 2.21. The number of anilines is 1. The predicted octanol–water partition coefficient (Wildman–Crippen LogP) is 2.00. The lowest BCUT2D eigenvalue weighted by Crippen LogP contribution is -2.32. The lowest BCUT2D eigenvalue weighted by atomic mass is 10.1. The van der Waals surface area contributed by atoms with Crippen LogP contribution in [0.2, 0.25) is 0 Å². The van der Waals surface area contributed by atoms with E-state index in [9.17, 15) is 13.2 Å². The molecule has 1 rings (SSSR count). The number of carbonyl (C=O) groups excluding carboxylic acids is 1. The van der Waals surface area contributed by atoms with Crippen LogP contribution in [0.4, 0.5) is 5.69 Å². The second-order valence-corrected chi connectivity index (χ2v) is 7.89. The van der Waals surface area contributed by atoms with E-state index in [2.05, 4.69) is 5.32 Å². The summed E-state index contributed by atoms with van der Waals surface area (Å²) in [5.41, 5.74) is 2.67. The third-order valence-corrected chi connectivity index (χ3v) is 4.70. The fourth-order valence-corrected chi connectivity index (χ4v) is 3.45. The summed E-state index contributed by atoms with van der Waals surface area (Å²) in [4.78, 5) is 11.8. The molecule has 1 N–H and O–H groups in total. The Morgan fingerprint density at radius 1 is 1.17 bits per heavy atom. The Kier molecular flexibility index (Phi) is 8.21. The van der Waals surface area contributed by atoms with Gasteiger partial charge in [0.2, 0.25) is 15.9 Å². The number of ether oxygens (including phenoxy) is 1. The number of methoxy groups -OCH3 is 1. The standard InChI is InChI=1S/C17H28N2O4S/c1-14-11-15(2)13-16(12-14)19(24(4,21)22)9-5-7-17(20)18-8-6-10-23-3/h11-13H,5-10H2,1-4H3,(H,18,20). The zero-order chi connectivity index (χ0) is 18.2. The first kappa shape index (κ1) is 20.4. The molecule has 24 heavy (non-hydrogen) atoms. The summed E-state index contributed by atoms with van der Waals surface area (Å²) in [6.45, 7) is 5.33. The van der Waals surface area contributed by atoms with Gasteiger partial charge in [-0.1, -0.05) is 6.07 Å². The van der Waals surface area contributed by atoms with E-state index in [-0.39, 0.29) is 12.5 Å². The average molecular weight is 356 g/mol. The van der Waals surface area contributed by atoms with E-state index < -0.39 is 10.0 Å². The number of nitrogens with one attached hydrogen (secondary N) is 1. The Bertz CT molecular complexity index is 624. The van der Waals surface area contributed by atoms with E-state index in [0.29, 0.717) is 31.7 Å². The van der Waals surface area contributed by atoms with Crippen molar-refractivity contribution in [1.29, 1.82) is 0 Å². The molecule has 6 nitrogen and oxygen atoms in total. The first-order chi connectivity index (χ1) is 11.2. The topological polar surface area (TPSA) is 75.7 Å². The van der Waals surface area contributed by atoms with Crippen LogP contribution in [-0.2, 0) is 19.6 Å². The van der Waals surface area contributed by atoms with E-state index in [1.54, 1.807) is 7.11 Å². The molecule has 0 saturated carbocycles. The van der Waals surface area contributed by atoms with Crippen molar-refractivity contribution >= 4 is 21.6 Å². The van der Waals surface area contributed by atoms with E-state index in [4.69, 9.17) is 4.74 Å². The van der Waals surface area contributed by atoms with Crippen LogP contribution in [0.15, 0.2) is 18.2 Å². The van der Waals surface area contributed by atoms with Gasteiger partial charge in [-0.25, -0.2) is 8.42 Å². The number of aryl methyl sites for hydroxylation is 2. The number of hydrogen-bond acceptors (Lipinski definition) is 4. The monoisotopic (exact) mass is 356 g/mol. The Morgan fingerprint density at radius 3 is 2.33 bits per heavy atom. The maximum absolute atomic E-state index is 12.1. The second kappa shape index (κ2) is 9.64. The van der Waals surface area contributed by atoms with Gasteiger partial charge in [0.1, 0.15) is 0 Å². The summed E-state index contributed by atoms with van der Waals surface area (Å²) in [6, 6.07) is 5.69. The molecule has 0 bridgehead atoms. The van der Waals surface area contributed by atoms with Gasteiger partial charge in [0.05, 0.1) is 11.9 Å². The molecule has 1 aromatic carbocycles. The molecule has 0 unspecified atom stereocenters. The summed E-state index contributed by atoms with van der Waals surface area (Å²) in [5, 5.41) is 2.80. The van der Waals surface area contributed by atoms with Crippen LogP contribution in [0.1, 0.15) is 30.4 Å². The molecule has 0 heterocycles. The Balaban J connectivity index is 2.61. The molecule has 0 aliphatic carbocycles. The summed E-state index contributed by atoms with van der Waals surface area (Å²) < 4.78 is 30.5. The normalized spacial score (nSPS) is 11.3. The van der Waals surface area contributed by atoms with Crippen molar-refractivity contribution < 1.29 is 17.9 Å². The van der Waals surface area contributed by atoms with E-state index in [0.717, 1.165) is 17.5 Å².